The molecule has 1 fully saturated rings. The smallest absolute Gasteiger partial charge is 0.138 e. The minimum atomic E-state index is 0.748. The fourth-order valence-corrected chi connectivity index (χ4v) is 3.06. The van der Waals surface area contributed by atoms with Crippen LogP contribution in [0.5, 0.6) is 0 Å². The summed E-state index contributed by atoms with van der Waals surface area (Å²) in [5.74, 6) is 0.748. The van der Waals surface area contributed by atoms with E-state index < -0.39 is 0 Å². The van der Waals surface area contributed by atoms with Crippen molar-refractivity contribution in [1.82, 2.24) is 5.32 Å². The fourth-order valence-electron chi connectivity index (χ4n) is 2.66. The number of rotatable bonds is 2. The Hall–Kier alpha value is -0.800. The lowest BCUT2D eigenvalue weighted by atomic mass is 9.92. The lowest BCUT2D eigenvalue weighted by molar-refractivity contribution is 0.375. The molecule has 2 aromatic rings. The number of hydrogen-bond acceptors (Lipinski definition) is 2. The van der Waals surface area contributed by atoms with Gasteiger partial charge in [0.15, 0.2) is 0 Å². The third kappa shape index (κ3) is 2.26. The lowest BCUT2D eigenvalue weighted by Crippen LogP contribution is -2.30. The third-order valence-corrected chi connectivity index (χ3v) is 4.16. The molecule has 90 valence electrons. The van der Waals surface area contributed by atoms with E-state index >= 15 is 0 Å². The second-order valence-corrected chi connectivity index (χ2v) is 5.65. The molecular formula is C14H16BrNO. The summed E-state index contributed by atoms with van der Waals surface area (Å²) in [5, 5.41) is 4.65. The molecule has 0 amide bonds. The van der Waals surface area contributed by atoms with Crippen LogP contribution in [0.25, 0.3) is 11.0 Å². The van der Waals surface area contributed by atoms with Crippen LogP contribution in [0.15, 0.2) is 33.4 Å². The van der Waals surface area contributed by atoms with E-state index in [9.17, 15) is 0 Å². The van der Waals surface area contributed by atoms with Crippen LogP contribution in [-0.4, -0.2) is 13.1 Å². The summed E-state index contributed by atoms with van der Waals surface area (Å²) in [4.78, 5) is 0. The molecule has 0 spiro atoms. The van der Waals surface area contributed by atoms with Crippen molar-refractivity contribution in [3.8, 4) is 0 Å². The number of para-hydroxylation sites is 1. The van der Waals surface area contributed by atoms with Crippen LogP contribution in [0.2, 0.25) is 0 Å². The number of piperidine rings is 1. The molecule has 0 aliphatic carbocycles. The summed E-state index contributed by atoms with van der Waals surface area (Å²) in [5.41, 5.74) is 2.38. The number of fused-ring (bicyclic) bond motifs is 1. The van der Waals surface area contributed by atoms with Gasteiger partial charge < -0.3 is 9.73 Å². The van der Waals surface area contributed by atoms with Gasteiger partial charge in [-0.1, -0.05) is 12.1 Å². The number of nitrogens with one attached hydrogen (secondary N) is 1. The van der Waals surface area contributed by atoms with Crippen molar-refractivity contribution in [2.24, 2.45) is 5.92 Å². The molecule has 2 heterocycles. The molecule has 1 atom stereocenters. The summed E-state index contributed by atoms with van der Waals surface area (Å²) < 4.78 is 6.71. The lowest BCUT2D eigenvalue weighted by Gasteiger charge is -2.22. The number of furan rings is 1. The molecule has 1 N–H and O–H groups in total. The van der Waals surface area contributed by atoms with E-state index in [1.54, 1.807) is 6.26 Å². The Balaban J connectivity index is 1.89. The fraction of sp³-hybridized carbons (Fsp3) is 0.429. The molecule has 1 aliphatic heterocycles. The average Bonchev–Trinajstić information content (AvgIpc) is 2.74. The van der Waals surface area contributed by atoms with E-state index in [0.717, 1.165) is 28.9 Å². The van der Waals surface area contributed by atoms with E-state index in [-0.39, 0.29) is 0 Å². The first-order valence-electron chi connectivity index (χ1n) is 6.20. The maximum Gasteiger partial charge on any atom is 0.138 e. The first-order chi connectivity index (χ1) is 8.34. The molecule has 3 heteroatoms. The maximum absolute atomic E-state index is 5.65. The van der Waals surface area contributed by atoms with Crippen molar-refractivity contribution < 1.29 is 4.42 Å². The highest BCUT2D eigenvalue weighted by Gasteiger charge is 2.16. The number of benzene rings is 1. The van der Waals surface area contributed by atoms with E-state index in [1.807, 2.05) is 0 Å². The molecule has 0 radical (unpaired) electrons. The van der Waals surface area contributed by atoms with Gasteiger partial charge >= 0.3 is 0 Å². The molecule has 0 saturated carbocycles. The Labute approximate surface area is 110 Å². The van der Waals surface area contributed by atoms with Gasteiger partial charge in [-0.3, -0.25) is 0 Å². The molecule has 1 saturated heterocycles. The maximum atomic E-state index is 5.65. The Bertz CT molecular complexity index is 514. The summed E-state index contributed by atoms with van der Waals surface area (Å²) >= 11 is 3.52. The summed E-state index contributed by atoms with van der Waals surface area (Å²) in [6, 6.07) is 6.41. The molecule has 3 rings (SSSR count). The van der Waals surface area contributed by atoms with Gasteiger partial charge in [0.25, 0.3) is 0 Å². The molecule has 2 nitrogen and oxygen atoms in total. The van der Waals surface area contributed by atoms with Gasteiger partial charge in [-0.15, -0.1) is 0 Å². The van der Waals surface area contributed by atoms with Gasteiger partial charge in [0, 0.05) is 5.39 Å². The first-order valence-corrected chi connectivity index (χ1v) is 6.99. The molecule has 1 aliphatic rings. The van der Waals surface area contributed by atoms with Gasteiger partial charge in [-0.2, -0.15) is 0 Å². The van der Waals surface area contributed by atoms with Crippen LogP contribution in [0.1, 0.15) is 18.4 Å². The predicted molar refractivity (Wildman–Crippen MR) is 73.2 cm³/mol. The van der Waals surface area contributed by atoms with Crippen molar-refractivity contribution in [3.05, 3.63) is 34.5 Å². The van der Waals surface area contributed by atoms with Crippen LogP contribution < -0.4 is 5.32 Å². The van der Waals surface area contributed by atoms with Gasteiger partial charge in [0.1, 0.15) is 11.8 Å². The summed E-state index contributed by atoms with van der Waals surface area (Å²) in [6.45, 7) is 2.31. The molecule has 1 aromatic heterocycles. The second kappa shape index (κ2) is 4.83. The van der Waals surface area contributed by atoms with Gasteiger partial charge in [0.2, 0.25) is 0 Å². The van der Waals surface area contributed by atoms with E-state index in [1.165, 1.54) is 30.3 Å². The zero-order valence-electron chi connectivity index (χ0n) is 9.71. The normalized spacial score (nSPS) is 20.9. The Morgan fingerprint density at radius 2 is 2.35 bits per heavy atom. The molecule has 17 heavy (non-hydrogen) atoms. The molecule has 1 aromatic carbocycles. The first kappa shape index (κ1) is 11.3. The standard InChI is InChI=1S/C14H16BrNO/c15-13-9-17-14-11(4-1-5-12(13)14)7-10-3-2-6-16-8-10/h1,4-5,9-10,16H,2-3,6-8H2. The highest BCUT2D eigenvalue weighted by atomic mass is 79.9. The molecular weight excluding hydrogens is 278 g/mol. The van der Waals surface area contributed by atoms with Crippen molar-refractivity contribution in [2.75, 3.05) is 13.1 Å². The Morgan fingerprint density at radius 1 is 1.41 bits per heavy atom. The highest BCUT2D eigenvalue weighted by molar-refractivity contribution is 9.10. The SMILES string of the molecule is Brc1coc2c(CC3CCCNC3)cccc12. The summed E-state index contributed by atoms with van der Waals surface area (Å²) in [7, 11) is 0. The van der Waals surface area contributed by atoms with Crippen LogP contribution >= 0.6 is 15.9 Å². The summed E-state index contributed by atoms with van der Waals surface area (Å²) in [6.07, 6.45) is 5.52. The van der Waals surface area contributed by atoms with E-state index in [0.29, 0.717) is 0 Å². The van der Waals surface area contributed by atoms with Crippen molar-refractivity contribution >= 4 is 26.9 Å². The average molecular weight is 294 g/mol. The van der Waals surface area contributed by atoms with Crippen LogP contribution in [0.4, 0.5) is 0 Å². The number of halogens is 1. The zero-order chi connectivity index (χ0) is 11.7. The minimum absolute atomic E-state index is 0.748. The minimum Gasteiger partial charge on any atom is -0.463 e. The molecule has 1 unspecified atom stereocenters. The largest absolute Gasteiger partial charge is 0.463 e. The van der Waals surface area contributed by atoms with Gasteiger partial charge in [-0.05, 0) is 65.8 Å². The Kier molecular flexibility index (Phi) is 3.21. The topological polar surface area (TPSA) is 25.2 Å². The van der Waals surface area contributed by atoms with Gasteiger partial charge in [0.05, 0.1) is 4.47 Å². The van der Waals surface area contributed by atoms with Gasteiger partial charge in [-0.25, -0.2) is 0 Å². The van der Waals surface area contributed by atoms with Crippen molar-refractivity contribution in [1.29, 1.82) is 0 Å². The second-order valence-electron chi connectivity index (χ2n) is 4.79. The van der Waals surface area contributed by atoms with Crippen LogP contribution in [0.3, 0.4) is 0 Å². The zero-order valence-corrected chi connectivity index (χ0v) is 11.3. The van der Waals surface area contributed by atoms with Crippen molar-refractivity contribution in [2.45, 2.75) is 19.3 Å². The Morgan fingerprint density at radius 3 is 3.18 bits per heavy atom. The molecule has 0 bridgehead atoms. The van der Waals surface area contributed by atoms with E-state index in [4.69, 9.17) is 4.42 Å². The monoisotopic (exact) mass is 293 g/mol. The van der Waals surface area contributed by atoms with E-state index in [2.05, 4.69) is 39.4 Å². The highest BCUT2D eigenvalue weighted by Crippen LogP contribution is 2.30. The van der Waals surface area contributed by atoms with Crippen molar-refractivity contribution in [3.63, 3.8) is 0 Å². The number of hydrogen-bond donors (Lipinski definition) is 1. The third-order valence-electron chi connectivity index (χ3n) is 3.54. The van der Waals surface area contributed by atoms with Crippen LogP contribution in [0, 0.1) is 5.92 Å². The predicted octanol–water partition coefficient (Wildman–Crippen LogP) is 3.74. The van der Waals surface area contributed by atoms with Crippen LogP contribution in [-0.2, 0) is 6.42 Å². The quantitative estimate of drug-likeness (QED) is 0.913.